The third kappa shape index (κ3) is 4.44. The average Bonchev–Trinajstić information content (AvgIpc) is 3.28. The summed E-state index contributed by atoms with van der Waals surface area (Å²) in [5.41, 5.74) is -3.69. The first-order chi connectivity index (χ1) is 13.9. The van der Waals surface area contributed by atoms with E-state index in [4.69, 9.17) is 4.42 Å². The smallest absolute Gasteiger partial charge is 0.401 e. The van der Waals surface area contributed by atoms with Crippen LogP contribution in [-0.2, 0) is 12.4 Å². The maximum atomic E-state index is 12.9. The topological polar surface area (TPSA) is 85.8 Å². The Bertz CT molecular complexity index is 1040. The highest BCUT2D eigenvalue weighted by molar-refractivity contribution is 6.03. The van der Waals surface area contributed by atoms with Crippen molar-refractivity contribution in [3.63, 3.8) is 0 Å². The lowest BCUT2D eigenvalue weighted by Crippen LogP contribution is -2.17. The molecule has 0 spiro atoms. The van der Waals surface area contributed by atoms with Crippen LogP contribution in [0, 0.1) is 0 Å². The number of carbonyl (C=O) groups excluding carboxylic acids is 1. The molecule has 0 fully saturated rings. The number of rotatable bonds is 4. The van der Waals surface area contributed by atoms with Crippen molar-refractivity contribution in [2.45, 2.75) is 32.2 Å². The zero-order valence-electron chi connectivity index (χ0n) is 15.3. The summed E-state index contributed by atoms with van der Waals surface area (Å²) in [7, 11) is 0. The van der Waals surface area contributed by atoms with E-state index in [1.54, 1.807) is 10.7 Å². The van der Waals surface area contributed by atoms with Crippen molar-refractivity contribution in [3.05, 3.63) is 47.2 Å². The van der Waals surface area contributed by atoms with Gasteiger partial charge < -0.3 is 4.42 Å². The maximum Gasteiger partial charge on any atom is 0.416 e. The summed E-state index contributed by atoms with van der Waals surface area (Å²) in [6.07, 6.45) is -8.69. The van der Waals surface area contributed by atoms with Crippen molar-refractivity contribution in [2.75, 3.05) is 5.32 Å². The summed E-state index contributed by atoms with van der Waals surface area (Å²) in [6.45, 7) is 3.67. The van der Waals surface area contributed by atoms with E-state index in [1.807, 2.05) is 19.2 Å². The van der Waals surface area contributed by atoms with Crippen LogP contribution >= 0.6 is 0 Å². The van der Waals surface area contributed by atoms with Gasteiger partial charge in [0.1, 0.15) is 5.69 Å². The molecule has 0 saturated heterocycles. The third-order valence-corrected chi connectivity index (χ3v) is 3.87. The van der Waals surface area contributed by atoms with E-state index in [0.717, 1.165) is 0 Å². The zero-order chi connectivity index (χ0) is 22.3. The van der Waals surface area contributed by atoms with Crippen LogP contribution < -0.4 is 5.32 Å². The van der Waals surface area contributed by atoms with Gasteiger partial charge in [-0.05, 0) is 38.1 Å². The van der Waals surface area contributed by atoms with Crippen molar-refractivity contribution in [2.24, 2.45) is 0 Å². The van der Waals surface area contributed by atoms with Gasteiger partial charge in [-0.2, -0.15) is 31.4 Å². The van der Waals surface area contributed by atoms with Crippen LogP contribution in [0.25, 0.3) is 11.6 Å². The molecule has 3 aromatic rings. The number of carbonyl (C=O) groups is 1. The van der Waals surface area contributed by atoms with E-state index < -0.39 is 41.0 Å². The van der Waals surface area contributed by atoms with Gasteiger partial charge in [0.2, 0.25) is 0 Å². The summed E-state index contributed by atoms with van der Waals surface area (Å²) in [5.74, 6) is -1.32. The van der Waals surface area contributed by atoms with E-state index in [-0.39, 0.29) is 18.0 Å². The molecular formula is C17H13F6N5O2. The third-order valence-electron chi connectivity index (χ3n) is 3.87. The Morgan fingerprint density at radius 3 is 2.17 bits per heavy atom. The summed E-state index contributed by atoms with van der Waals surface area (Å²) in [6, 6.07) is 1.52. The standard InChI is InChI=1S/C17H13F6N5O2/c1-8(2)28-12(3-4-24-28)14-26-27-15(30-14)25-13(29)9-5-10(16(18,19)20)7-11(6-9)17(21,22)23/h3-8H,1-2H3,(H,25,27,29). The van der Waals surface area contributed by atoms with Gasteiger partial charge in [-0.3, -0.25) is 14.8 Å². The van der Waals surface area contributed by atoms with Crippen LogP contribution in [0.5, 0.6) is 0 Å². The van der Waals surface area contributed by atoms with Crippen LogP contribution in [0.2, 0.25) is 0 Å². The second-order valence-electron chi connectivity index (χ2n) is 6.42. The van der Waals surface area contributed by atoms with Crippen LogP contribution in [0.3, 0.4) is 0 Å². The van der Waals surface area contributed by atoms with Crippen molar-refractivity contribution >= 4 is 11.9 Å². The van der Waals surface area contributed by atoms with Gasteiger partial charge in [-0.15, -0.1) is 5.10 Å². The minimum atomic E-state index is -5.08. The molecule has 2 aromatic heterocycles. The number of hydrogen-bond donors (Lipinski definition) is 1. The number of hydrogen-bond acceptors (Lipinski definition) is 5. The van der Waals surface area contributed by atoms with Gasteiger partial charge in [0.05, 0.1) is 11.1 Å². The highest BCUT2D eigenvalue weighted by atomic mass is 19.4. The van der Waals surface area contributed by atoms with Gasteiger partial charge in [0.15, 0.2) is 0 Å². The zero-order valence-corrected chi connectivity index (χ0v) is 15.3. The molecule has 0 saturated carbocycles. The van der Waals surface area contributed by atoms with Crippen LogP contribution in [0.1, 0.15) is 41.4 Å². The first-order valence-corrected chi connectivity index (χ1v) is 8.34. The Morgan fingerprint density at radius 2 is 1.63 bits per heavy atom. The summed E-state index contributed by atoms with van der Waals surface area (Å²) < 4.78 is 84.4. The lowest BCUT2D eigenvalue weighted by atomic mass is 10.0. The summed E-state index contributed by atoms with van der Waals surface area (Å²) >= 11 is 0. The monoisotopic (exact) mass is 433 g/mol. The minimum Gasteiger partial charge on any atom is -0.401 e. The predicted molar refractivity (Wildman–Crippen MR) is 90.3 cm³/mol. The Hall–Kier alpha value is -3.38. The Balaban J connectivity index is 1.90. The van der Waals surface area contributed by atoms with Crippen molar-refractivity contribution < 1.29 is 35.6 Å². The molecule has 2 heterocycles. The normalized spacial score (nSPS) is 12.4. The first kappa shape index (κ1) is 21.3. The van der Waals surface area contributed by atoms with Gasteiger partial charge in [0.25, 0.3) is 11.8 Å². The van der Waals surface area contributed by atoms with Gasteiger partial charge in [-0.25, -0.2) is 0 Å². The molecular weight excluding hydrogens is 420 g/mol. The number of benzene rings is 1. The van der Waals surface area contributed by atoms with Crippen molar-refractivity contribution in [3.8, 4) is 11.6 Å². The minimum absolute atomic E-state index is 0.0449. The molecule has 7 nitrogen and oxygen atoms in total. The second kappa shape index (κ2) is 7.46. The molecule has 0 bridgehead atoms. The molecule has 0 radical (unpaired) electrons. The van der Waals surface area contributed by atoms with E-state index in [2.05, 4.69) is 15.3 Å². The van der Waals surface area contributed by atoms with Crippen LogP contribution in [0.4, 0.5) is 32.4 Å². The number of anilines is 1. The molecule has 0 atom stereocenters. The quantitative estimate of drug-likeness (QED) is 0.598. The predicted octanol–water partition coefficient (Wildman–Crippen LogP) is 4.80. The maximum absolute atomic E-state index is 12.9. The number of aromatic nitrogens is 4. The van der Waals surface area contributed by atoms with E-state index >= 15 is 0 Å². The second-order valence-corrected chi connectivity index (χ2v) is 6.42. The molecule has 0 unspecified atom stereocenters. The first-order valence-electron chi connectivity index (χ1n) is 8.34. The lowest BCUT2D eigenvalue weighted by molar-refractivity contribution is -0.143. The van der Waals surface area contributed by atoms with Crippen molar-refractivity contribution in [1.82, 2.24) is 20.0 Å². The van der Waals surface area contributed by atoms with E-state index in [9.17, 15) is 31.1 Å². The molecule has 30 heavy (non-hydrogen) atoms. The largest absolute Gasteiger partial charge is 0.416 e. The highest BCUT2D eigenvalue weighted by Gasteiger charge is 2.37. The average molecular weight is 433 g/mol. The molecule has 160 valence electrons. The Labute approximate surface area is 164 Å². The molecule has 0 aliphatic rings. The summed E-state index contributed by atoms with van der Waals surface area (Å²) in [4.78, 5) is 12.3. The van der Waals surface area contributed by atoms with Crippen LogP contribution in [-0.4, -0.2) is 25.9 Å². The lowest BCUT2D eigenvalue weighted by Gasteiger charge is -2.13. The number of nitrogens with zero attached hydrogens (tertiary/aromatic N) is 4. The van der Waals surface area contributed by atoms with Gasteiger partial charge in [-0.1, -0.05) is 5.10 Å². The number of nitrogens with one attached hydrogen (secondary N) is 1. The summed E-state index contributed by atoms with van der Waals surface area (Å²) in [5, 5.41) is 13.3. The van der Waals surface area contributed by atoms with E-state index in [1.165, 1.54) is 6.20 Å². The molecule has 13 heteroatoms. The molecule has 1 N–H and O–H groups in total. The van der Waals surface area contributed by atoms with E-state index in [0.29, 0.717) is 17.8 Å². The molecule has 1 aromatic carbocycles. The Morgan fingerprint density at radius 1 is 1.03 bits per heavy atom. The Kier molecular flexibility index (Phi) is 5.31. The van der Waals surface area contributed by atoms with Gasteiger partial charge >= 0.3 is 18.4 Å². The molecule has 0 aliphatic carbocycles. The van der Waals surface area contributed by atoms with Crippen molar-refractivity contribution in [1.29, 1.82) is 0 Å². The fraction of sp³-hybridized carbons (Fsp3) is 0.294. The molecule has 3 rings (SSSR count). The molecule has 0 aliphatic heterocycles. The number of halogens is 6. The SMILES string of the molecule is CC(C)n1nccc1-c1nnc(NC(=O)c2cc(C(F)(F)F)cc(C(F)(F)F)c2)o1. The van der Waals surface area contributed by atoms with Crippen LogP contribution in [0.15, 0.2) is 34.9 Å². The number of amides is 1. The fourth-order valence-corrected chi connectivity index (χ4v) is 2.53. The van der Waals surface area contributed by atoms with Gasteiger partial charge in [0, 0.05) is 17.8 Å². The highest BCUT2D eigenvalue weighted by Crippen LogP contribution is 2.36. The molecule has 1 amide bonds. The fourth-order valence-electron chi connectivity index (χ4n) is 2.53. The number of alkyl halides is 6.